The highest BCUT2D eigenvalue weighted by molar-refractivity contribution is 6.66. The SMILES string of the molecule is C/C(=N\NC(=O)OC(C)(C)C)C1=NCCCNC1=O. The van der Waals surface area contributed by atoms with Gasteiger partial charge in [0.2, 0.25) is 0 Å². The molecule has 7 heteroatoms. The van der Waals surface area contributed by atoms with Crippen molar-refractivity contribution < 1.29 is 14.3 Å². The van der Waals surface area contributed by atoms with E-state index in [1.54, 1.807) is 27.7 Å². The number of carbonyl (C=O) groups excluding carboxylic acids is 2. The summed E-state index contributed by atoms with van der Waals surface area (Å²) in [5, 5.41) is 6.53. The first-order valence-corrected chi connectivity index (χ1v) is 6.16. The quantitative estimate of drug-likeness (QED) is 0.574. The first kappa shape index (κ1) is 15.1. The molecule has 0 aromatic rings. The lowest BCUT2D eigenvalue weighted by atomic mass is 10.2. The fraction of sp³-hybridized carbons (Fsp3) is 0.667. The van der Waals surface area contributed by atoms with E-state index < -0.39 is 11.7 Å². The van der Waals surface area contributed by atoms with Gasteiger partial charge in [-0.15, -0.1) is 0 Å². The molecule has 1 rings (SSSR count). The number of rotatable bonds is 2. The summed E-state index contributed by atoms with van der Waals surface area (Å²) >= 11 is 0. The van der Waals surface area contributed by atoms with Crippen LogP contribution < -0.4 is 10.7 Å². The highest BCUT2D eigenvalue weighted by Crippen LogP contribution is 2.06. The number of ether oxygens (including phenoxy) is 1. The molecule has 0 aromatic carbocycles. The van der Waals surface area contributed by atoms with E-state index in [4.69, 9.17) is 4.74 Å². The van der Waals surface area contributed by atoms with Crippen molar-refractivity contribution in [1.82, 2.24) is 10.7 Å². The molecule has 0 unspecified atom stereocenters. The van der Waals surface area contributed by atoms with Crippen LogP contribution in [0.3, 0.4) is 0 Å². The van der Waals surface area contributed by atoms with Gasteiger partial charge in [0.15, 0.2) is 0 Å². The average molecular weight is 268 g/mol. The van der Waals surface area contributed by atoms with Crippen molar-refractivity contribution in [1.29, 1.82) is 0 Å². The van der Waals surface area contributed by atoms with Crippen LogP contribution in [-0.4, -0.2) is 42.1 Å². The third-order valence-electron chi connectivity index (χ3n) is 2.16. The van der Waals surface area contributed by atoms with Crippen LogP contribution in [0.1, 0.15) is 34.1 Å². The lowest BCUT2D eigenvalue weighted by Crippen LogP contribution is -2.36. The van der Waals surface area contributed by atoms with E-state index in [0.717, 1.165) is 6.42 Å². The van der Waals surface area contributed by atoms with Crippen LogP contribution in [0.5, 0.6) is 0 Å². The lowest BCUT2D eigenvalue weighted by molar-refractivity contribution is -0.114. The summed E-state index contributed by atoms with van der Waals surface area (Å²) in [6.07, 6.45) is 0.128. The number of hydrogen-bond acceptors (Lipinski definition) is 5. The van der Waals surface area contributed by atoms with Gasteiger partial charge in [0, 0.05) is 13.1 Å². The van der Waals surface area contributed by atoms with E-state index in [1.807, 2.05) is 0 Å². The summed E-state index contributed by atoms with van der Waals surface area (Å²) < 4.78 is 5.03. The minimum absolute atomic E-state index is 0.244. The zero-order chi connectivity index (χ0) is 14.5. The van der Waals surface area contributed by atoms with Gasteiger partial charge in [-0.1, -0.05) is 0 Å². The van der Waals surface area contributed by atoms with Crippen molar-refractivity contribution >= 4 is 23.4 Å². The Morgan fingerprint density at radius 1 is 1.47 bits per heavy atom. The maximum Gasteiger partial charge on any atom is 0.428 e. The van der Waals surface area contributed by atoms with Gasteiger partial charge < -0.3 is 10.1 Å². The zero-order valence-corrected chi connectivity index (χ0v) is 11.7. The molecule has 0 radical (unpaired) electrons. The second-order valence-corrected chi connectivity index (χ2v) is 5.15. The van der Waals surface area contributed by atoms with Crippen LogP contribution >= 0.6 is 0 Å². The average Bonchev–Trinajstić information content (AvgIpc) is 2.48. The molecule has 7 nitrogen and oxygen atoms in total. The monoisotopic (exact) mass is 268 g/mol. The Hall–Kier alpha value is -1.92. The molecule has 0 aliphatic carbocycles. The molecular weight excluding hydrogens is 248 g/mol. The normalized spacial score (nSPS) is 17.2. The molecule has 0 spiro atoms. The molecular formula is C12H20N4O3. The Morgan fingerprint density at radius 2 is 2.16 bits per heavy atom. The topological polar surface area (TPSA) is 92.2 Å². The molecule has 0 fully saturated rings. The van der Waals surface area contributed by atoms with E-state index in [0.29, 0.717) is 18.8 Å². The fourth-order valence-electron chi connectivity index (χ4n) is 1.39. The molecule has 106 valence electrons. The third-order valence-corrected chi connectivity index (χ3v) is 2.16. The first-order valence-electron chi connectivity index (χ1n) is 6.16. The Bertz CT molecular complexity index is 421. The molecule has 1 aliphatic rings. The fourth-order valence-corrected chi connectivity index (χ4v) is 1.39. The van der Waals surface area contributed by atoms with Crippen molar-refractivity contribution in [2.45, 2.75) is 39.7 Å². The van der Waals surface area contributed by atoms with Gasteiger partial charge in [-0.25, -0.2) is 10.2 Å². The van der Waals surface area contributed by atoms with E-state index in [9.17, 15) is 9.59 Å². The number of hydrazone groups is 1. The molecule has 1 aliphatic heterocycles. The number of hydrogen-bond donors (Lipinski definition) is 2. The van der Waals surface area contributed by atoms with Crippen molar-refractivity contribution in [2.24, 2.45) is 10.1 Å². The molecule has 0 aromatic heterocycles. The first-order chi connectivity index (χ1) is 8.79. The molecule has 0 bridgehead atoms. The van der Waals surface area contributed by atoms with Crippen molar-refractivity contribution in [3.63, 3.8) is 0 Å². The van der Waals surface area contributed by atoms with Crippen LogP contribution in [0.4, 0.5) is 4.79 Å². The van der Waals surface area contributed by atoms with E-state index in [-0.39, 0.29) is 11.6 Å². The lowest BCUT2D eigenvalue weighted by Gasteiger charge is -2.18. The summed E-state index contributed by atoms with van der Waals surface area (Å²) in [6, 6.07) is 0. The zero-order valence-electron chi connectivity index (χ0n) is 11.7. The molecule has 19 heavy (non-hydrogen) atoms. The Kier molecular flexibility index (Phi) is 5.02. The second kappa shape index (κ2) is 6.31. The van der Waals surface area contributed by atoms with E-state index in [2.05, 4.69) is 20.8 Å². The minimum Gasteiger partial charge on any atom is -0.443 e. The Balaban J connectivity index is 2.63. The number of aliphatic imine (C=N–C) groups is 1. The number of amides is 2. The molecule has 0 saturated carbocycles. The predicted octanol–water partition coefficient (Wildman–Crippen LogP) is 0.848. The van der Waals surface area contributed by atoms with Gasteiger partial charge >= 0.3 is 6.09 Å². The maximum absolute atomic E-state index is 11.7. The van der Waals surface area contributed by atoms with Crippen molar-refractivity contribution in [3.8, 4) is 0 Å². The van der Waals surface area contributed by atoms with Gasteiger partial charge in [-0.3, -0.25) is 9.79 Å². The van der Waals surface area contributed by atoms with Crippen LogP contribution in [-0.2, 0) is 9.53 Å². The highest BCUT2D eigenvalue weighted by Gasteiger charge is 2.18. The molecule has 2 amide bonds. The summed E-state index contributed by atoms with van der Waals surface area (Å²) in [4.78, 5) is 27.2. The smallest absolute Gasteiger partial charge is 0.428 e. The van der Waals surface area contributed by atoms with Crippen LogP contribution in [0, 0.1) is 0 Å². The highest BCUT2D eigenvalue weighted by atomic mass is 16.6. The third kappa shape index (κ3) is 5.50. The number of nitrogens with zero attached hydrogens (tertiary/aromatic N) is 2. The van der Waals surface area contributed by atoms with Gasteiger partial charge in [0.25, 0.3) is 5.91 Å². The van der Waals surface area contributed by atoms with Crippen LogP contribution in [0.25, 0.3) is 0 Å². The van der Waals surface area contributed by atoms with Gasteiger partial charge in [-0.2, -0.15) is 5.10 Å². The largest absolute Gasteiger partial charge is 0.443 e. The summed E-state index contributed by atoms with van der Waals surface area (Å²) in [7, 11) is 0. The van der Waals surface area contributed by atoms with Crippen molar-refractivity contribution in [3.05, 3.63) is 0 Å². The summed E-state index contributed by atoms with van der Waals surface area (Å²) in [6.45, 7) is 8.04. The summed E-state index contributed by atoms with van der Waals surface area (Å²) in [5.74, 6) is -0.273. The predicted molar refractivity (Wildman–Crippen MR) is 72.4 cm³/mol. The van der Waals surface area contributed by atoms with Crippen molar-refractivity contribution in [2.75, 3.05) is 13.1 Å². The van der Waals surface area contributed by atoms with Crippen LogP contribution in [0.15, 0.2) is 10.1 Å². The Labute approximate surface area is 112 Å². The number of carbonyl (C=O) groups is 2. The second-order valence-electron chi connectivity index (χ2n) is 5.15. The molecule has 1 heterocycles. The van der Waals surface area contributed by atoms with E-state index in [1.165, 1.54) is 0 Å². The molecule has 0 atom stereocenters. The van der Waals surface area contributed by atoms with E-state index >= 15 is 0 Å². The summed E-state index contributed by atoms with van der Waals surface area (Å²) in [5.41, 5.74) is 2.25. The number of nitrogens with one attached hydrogen (secondary N) is 2. The van der Waals surface area contributed by atoms with Gasteiger partial charge in [0.05, 0.1) is 5.71 Å². The standard InChI is InChI=1S/C12H20N4O3/c1-8(9-10(17)14-7-5-6-13-9)15-16-11(18)19-12(2,3)4/h5-7H2,1-4H3,(H,14,17)(H,16,18)/b15-8+. The minimum atomic E-state index is -0.665. The van der Waals surface area contributed by atoms with Gasteiger partial charge in [-0.05, 0) is 34.1 Å². The molecule has 2 N–H and O–H groups in total. The maximum atomic E-state index is 11.7. The Morgan fingerprint density at radius 3 is 2.79 bits per heavy atom. The van der Waals surface area contributed by atoms with Gasteiger partial charge in [0.1, 0.15) is 11.3 Å². The molecule has 0 saturated heterocycles. The van der Waals surface area contributed by atoms with Crippen LogP contribution in [0.2, 0.25) is 0 Å².